The van der Waals surface area contributed by atoms with Gasteiger partial charge in [0.25, 0.3) is 0 Å². The van der Waals surface area contributed by atoms with Crippen LogP contribution in [0.25, 0.3) is 0 Å². The molecule has 2 aromatic rings. The number of carbonyl (C=O) groups is 3. The molecule has 0 unspecified atom stereocenters. The Balaban J connectivity index is 1.65. The van der Waals surface area contributed by atoms with E-state index < -0.39 is 23.8 Å². The number of aromatic nitrogens is 2. The molecular formula is C24H33N5O5. The van der Waals surface area contributed by atoms with E-state index in [1.807, 2.05) is 41.9 Å². The normalized spacial score (nSPS) is 16.2. The third-order valence-corrected chi connectivity index (χ3v) is 5.37. The number of imidazole rings is 1. The van der Waals surface area contributed by atoms with Crippen molar-refractivity contribution in [1.82, 2.24) is 24.7 Å². The first kappa shape index (κ1) is 25.1. The van der Waals surface area contributed by atoms with Gasteiger partial charge in [-0.05, 0) is 26.3 Å². The Kier molecular flexibility index (Phi) is 8.14. The molecule has 0 spiro atoms. The van der Waals surface area contributed by atoms with Crippen molar-refractivity contribution in [2.45, 2.75) is 45.4 Å². The summed E-state index contributed by atoms with van der Waals surface area (Å²) in [7, 11) is 1.88. The van der Waals surface area contributed by atoms with Crippen LogP contribution in [0, 0.1) is 0 Å². The number of carbonyl (C=O) groups excluding carboxylic acids is 3. The van der Waals surface area contributed by atoms with Crippen molar-refractivity contribution in [3.8, 4) is 0 Å². The summed E-state index contributed by atoms with van der Waals surface area (Å²) in [5.41, 5.74) is 1.16. The van der Waals surface area contributed by atoms with E-state index in [0.29, 0.717) is 13.0 Å². The van der Waals surface area contributed by atoms with Crippen LogP contribution in [-0.2, 0) is 34.3 Å². The van der Waals surface area contributed by atoms with Crippen molar-refractivity contribution in [3.63, 3.8) is 0 Å². The first-order chi connectivity index (χ1) is 16.1. The molecule has 1 N–H and O–H groups in total. The number of aryl methyl sites for hydroxylation is 1. The lowest BCUT2D eigenvalue weighted by molar-refractivity contribution is -0.128. The second-order valence-corrected chi connectivity index (χ2v) is 9.21. The lowest BCUT2D eigenvalue weighted by Crippen LogP contribution is -2.62. The maximum Gasteiger partial charge on any atom is 0.410 e. The largest absolute Gasteiger partial charge is 0.445 e. The monoisotopic (exact) mass is 471 g/mol. The van der Waals surface area contributed by atoms with Gasteiger partial charge in [0.1, 0.15) is 18.2 Å². The molecular weight excluding hydrogens is 438 g/mol. The molecule has 2 heterocycles. The Labute approximate surface area is 199 Å². The zero-order chi connectivity index (χ0) is 24.7. The van der Waals surface area contributed by atoms with E-state index in [0.717, 1.165) is 11.3 Å². The van der Waals surface area contributed by atoms with Crippen LogP contribution in [0.4, 0.5) is 9.59 Å². The van der Waals surface area contributed by atoms with Gasteiger partial charge in [-0.15, -0.1) is 0 Å². The maximum atomic E-state index is 13.1. The molecule has 0 radical (unpaired) electrons. The molecule has 34 heavy (non-hydrogen) atoms. The third-order valence-electron chi connectivity index (χ3n) is 5.37. The number of amides is 3. The van der Waals surface area contributed by atoms with Crippen molar-refractivity contribution < 1.29 is 23.9 Å². The lowest BCUT2D eigenvalue weighted by Gasteiger charge is -2.40. The van der Waals surface area contributed by atoms with Crippen LogP contribution in [0.5, 0.6) is 0 Å². The van der Waals surface area contributed by atoms with Crippen LogP contribution in [0.1, 0.15) is 32.0 Å². The molecule has 0 saturated carbocycles. The van der Waals surface area contributed by atoms with Gasteiger partial charge in [0.2, 0.25) is 5.91 Å². The first-order valence-electron chi connectivity index (χ1n) is 11.3. The Morgan fingerprint density at radius 2 is 1.85 bits per heavy atom. The Bertz CT molecular complexity index is 985. The van der Waals surface area contributed by atoms with E-state index in [-0.39, 0.29) is 32.1 Å². The molecule has 1 aromatic heterocycles. The highest BCUT2D eigenvalue weighted by Crippen LogP contribution is 2.17. The van der Waals surface area contributed by atoms with Crippen molar-refractivity contribution in [2.75, 3.05) is 26.2 Å². The van der Waals surface area contributed by atoms with Crippen molar-refractivity contribution in [3.05, 3.63) is 54.1 Å². The van der Waals surface area contributed by atoms with Gasteiger partial charge in [0, 0.05) is 45.0 Å². The zero-order valence-corrected chi connectivity index (χ0v) is 20.2. The summed E-state index contributed by atoms with van der Waals surface area (Å²) in [6.45, 7) is 6.24. The minimum absolute atomic E-state index is 0.0207. The second kappa shape index (κ2) is 11.0. The molecule has 1 fully saturated rings. The molecule has 1 aromatic carbocycles. The molecule has 1 saturated heterocycles. The summed E-state index contributed by atoms with van der Waals surface area (Å²) in [6, 6.07) is 8.43. The van der Waals surface area contributed by atoms with E-state index >= 15 is 0 Å². The molecule has 1 aliphatic rings. The van der Waals surface area contributed by atoms with E-state index in [4.69, 9.17) is 9.47 Å². The molecule has 1 atom stereocenters. The summed E-state index contributed by atoms with van der Waals surface area (Å²) in [5.74, 6) is -0.355. The molecule has 1 aliphatic heterocycles. The number of ether oxygens (including phenoxy) is 2. The van der Waals surface area contributed by atoms with Crippen LogP contribution in [0.3, 0.4) is 0 Å². The van der Waals surface area contributed by atoms with Gasteiger partial charge in [-0.2, -0.15) is 0 Å². The Morgan fingerprint density at radius 1 is 1.12 bits per heavy atom. The smallest absolute Gasteiger partial charge is 0.410 e. The van der Waals surface area contributed by atoms with Gasteiger partial charge in [-0.3, -0.25) is 9.69 Å². The zero-order valence-electron chi connectivity index (χ0n) is 20.2. The minimum atomic E-state index is -0.893. The third kappa shape index (κ3) is 6.97. The molecule has 0 bridgehead atoms. The van der Waals surface area contributed by atoms with E-state index in [1.54, 1.807) is 33.3 Å². The topological polar surface area (TPSA) is 106 Å². The van der Waals surface area contributed by atoms with Crippen LogP contribution in [0.15, 0.2) is 42.9 Å². The van der Waals surface area contributed by atoms with E-state index in [2.05, 4.69) is 10.3 Å². The molecule has 10 nitrogen and oxygen atoms in total. The average Bonchev–Trinajstić information content (AvgIpc) is 3.21. The van der Waals surface area contributed by atoms with E-state index in [1.165, 1.54) is 9.80 Å². The van der Waals surface area contributed by atoms with Crippen LogP contribution in [0.2, 0.25) is 0 Å². The summed E-state index contributed by atoms with van der Waals surface area (Å²) >= 11 is 0. The summed E-state index contributed by atoms with van der Waals surface area (Å²) in [5, 5.41) is 2.88. The van der Waals surface area contributed by atoms with Crippen molar-refractivity contribution in [1.29, 1.82) is 0 Å². The summed E-state index contributed by atoms with van der Waals surface area (Å²) in [4.78, 5) is 45.5. The second-order valence-electron chi connectivity index (χ2n) is 9.21. The van der Waals surface area contributed by atoms with Crippen LogP contribution in [-0.4, -0.2) is 75.3 Å². The van der Waals surface area contributed by atoms with Gasteiger partial charge in [-0.25, -0.2) is 14.6 Å². The Hall–Kier alpha value is -3.56. The first-order valence-corrected chi connectivity index (χ1v) is 11.3. The van der Waals surface area contributed by atoms with Gasteiger partial charge < -0.3 is 24.3 Å². The molecule has 3 rings (SSSR count). The lowest BCUT2D eigenvalue weighted by atomic mass is 10.1. The molecule has 10 heteroatoms. The van der Waals surface area contributed by atoms with Crippen LogP contribution < -0.4 is 5.32 Å². The van der Waals surface area contributed by atoms with Crippen molar-refractivity contribution >= 4 is 18.1 Å². The fourth-order valence-electron chi connectivity index (χ4n) is 3.58. The SMILES string of the molecule is Cn1cncc1CCNC(=O)[C@H]1CN(C(=O)OC(C)(C)C)CCN1C(=O)OCc1ccccc1. The number of nitrogens with zero attached hydrogens (tertiary/aromatic N) is 4. The average molecular weight is 472 g/mol. The number of rotatable bonds is 6. The van der Waals surface area contributed by atoms with E-state index in [9.17, 15) is 14.4 Å². The molecule has 184 valence electrons. The van der Waals surface area contributed by atoms with Gasteiger partial charge in [0.05, 0.1) is 12.9 Å². The quantitative estimate of drug-likeness (QED) is 0.693. The highest BCUT2D eigenvalue weighted by Gasteiger charge is 2.39. The van der Waals surface area contributed by atoms with Crippen LogP contribution >= 0.6 is 0 Å². The summed E-state index contributed by atoms with van der Waals surface area (Å²) < 4.78 is 12.8. The number of hydrogen-bond donors (Lipinski definition) is 1. The maximum absolute atomic E-state index is 13.1. The minimum Gasteiger partial charge on any atom is -0.445 e. The fourth-order valence-corrected chi connectivity index (χ4v) is 3.58. The highest BCUT2D eigenvalue weighted by atomic mass is 16.6. The number of benzene rings is 1. The van der Waals surface area contributed by atoms with Gasteiger partial charge in [0.15, 0.2) is 0 Å². The van der Waals surface area contributed by atoms with Gasteiger partial charge in [-0.1, -0.05) is 30.3 Å². The number of nitrogens with one attached hydrogen (secondary N) is 1. The number of piperazine rings is 1. The molecule has 0 aliphatic carbocycles. The number of hydrogen-bond acceptors (Lipinski definition) is 6. The highest BCUT2D eigenvalue weighted by molar-refractivity contribution is 5.87. The fraction of sp³-hybridized carbons (Fsp3) is 0.500. The summed E-state index contributed by atoms with van der Waals surface area (Å²) in [6.07, 6.45) is 2.91. The predicted octanol–water partition coefficient (Wildman–Crippen LogP) is 2.34. The molecule has 3 amide bonds. The standard InChI is InChI=1S/C24H33N5O5/c1-24(2,3)34-22(31)28-12-13-29(23(32)33-16-18-8-6-5-7-9-18)20(15-28)21(30)26-11-10-19-14-25-17-27(19)4/h5-9,14,17,20H,10-13,15-16H2,1-4H3,(H,26,30)/t20-/m1/s1. The Morgan fingerprint density at radius 3 is 2.50 bits per heavy atom. The van der Waals surface area contributed by atoms with Crippen molar-refractivity contribution in [2.24, 2.45) is 7.05 Å². The van der Waals surface area contributed by atoms with Gasteiger partial charge >= 0.3 is 12.2 Å². The predicted molar refractivity (Wildman–Crippen MR) is 125 cm³/mol.